The molecule has 10 heteroatoms. The first-order valence-electron chi connectivity index (χ1n) is 9.87. The average molecular weight is 538 g/mol. The second kappa shape index (κ2) is 10.8. The van der Waals surface area contributed by atoms with Gasteiger partial charge in [0.25, 0.3) is 11.1 Å². The molecule has 0 N–H and O–H groups in total. The van der Waals surface area contributed by atoms with Crippen LogP contribution in [0.4, 0.5) is 9.18 Å². The lowest BCUT2D eigenvalue weighted by Crippen LogP contribution is -2.35. The zero-order chi connectivity index (χ0) is 24.1. The predicted molar refractivity (Wildman–Crippen MR) is 125 cm³/mol. The third-order valence-corrected chi connectivity index (χ3v) is 5.85. The highest BCUT2D eigenvalue weighted by atomic mass is 79.9. The predicted octanol–water partition coefficient (Wildman–Crippen LogP) is 5.16. The van der Waals surface area contributed by atoms with E-state index in [1.807, 2.05) is 0 Å². The van der Waals surface area contributed by atoms with E-state index in [4.69, 9.17) is 14.2 Å². The van der Waals surface area contributed by atoms with E-state index in [1.165, 1.54) is 25.3 Å². The van der Waals surface area contributed by atoms with Crippen molar-refractivity contribution in [1.82, 2.24) is 4.90 Å². The fourth-order valence-electron chi connectivity index (χ4n) is 2.96. The van der Waals surface area contributed by atoms with E-state index >= 15 is 0 Å². The summed E-state index contributed by atoms with van der Waals surface area (Å²) in [5.74, 6) is -0.802. The van der Waals surface area contributed by atoms with E-state index < -0.39 is 23.7 Å². The van der Waals surface area contributed by atoms with Gasteiger partial charge in [0.15, 0.2) is 11.5 Å². The first-order chi connectivity index (χ1) is 15.7. The van der Waals surface area contributed by atoms with Crippen LogP contribution in [-0.2, 0) is 20.9 Å². The van der Waals surface area contributed by atoms with Crippen LogP contribution in [0, 0.1) is 5.82 Å². The lowest BCUT2D eigenvalue weighted by atomic mass is 10.1. The highest BCUT2D eigenvalue weighted by molar-refractivity contribution is 9.10. The highest BCUT2D eigenvalue weighted by Crippen LogP contribution is 2.39. The number of amides is 2. The van der Waals surface area contributed by atoms with Gasteiger partial charge in [0.05, 0.1) is 22.6 Å². The van der Waals surface area contributed by atoms with Gasteiger partial charge in [-0.05, 0) is 83.0 Å². The Hall–Kier alpha value is -2.85. The molecular formula is C23H21BrFNO6S. The van der Waals surface area contributed by atoms with Gasteiger partial charge in [-0.2, -0.15) is 0 Å². The number of carbonyl (C=O) groups excluding carboxylic acids is 3. The normalized spacial score (nSPS) is 14.8. The minimum atomic E-state index is -0.655. The largest absolute Gasteiger partial charge is 0.493 e. The summed E-state index contributed by atoms with van der Waals surface area (Å²) >= 11 is 4.17. The fourth-order valence-corrected chi connectivity index (χ4v) is 4.37. The van der Waals surface area contributed by atoms with Crippen molar-refractivity contribution >= 4 is 50.9 Å². The van der Waals surface area contributed by atoms with Gasteiger partial charge in [-0.3, -0.25) is 19.3 Å². The zero-order valence-electron chi connectivity index (χ0n) is 18.1. The topological polar surface area (TPSA) is 82.1 Å². The summed E-state index contributed by atoms with van der Waals surface area (Å²) in [6, 6.07) is 9.41. The molecule has 1 aliphatic rings. The van der Waals surface area contributed by atoms with Crippen LogP contribution in [-0.4, -0.2) is 41.8 Å². The van der Waals surface area contributed by atoms with Crippen LogP contribution >= 0.6 is 27.7 Å². The van der Waals surface area contributed by atoms with E-state index in [0.717, 1.165) is 16.7 Å². The van der Waals surface area contributed by atoms with Gasteiger partial charge in [-0.15, -0.1) is 0 Å². The van der Waals surface area contributed by atoms with E-state index in [-0.39, 0.29) is 23.4 Å². The average Bonchev–Trinajstić information content (AvgIpc) is 2.99. The molecule has 33 heavy (non-hydrogen) atoms. The van der Waals surface area contributed by atoms with Gasteiger partial charge in [0.1, 0.15) is 19.0 Å². The number of nitrogens with zero attached hydrogens (tertiary/aromatic N) is 1. The van der Waals surface area contributed by atoms with Crippen molar-refractivity contribution in [1.29, 1.82) is 0 Å². The number of esters is 1. The summed E-state index contributed by atoms with van der Waals surface area (Å²) in [5, 5.41) is -0.548. The maximum Gasteiger partial charge on any atom is 0.326 e. The van der Waals surface area contributed by atoms with Crippen LogP contribution in [0.15, 0.2) is 45.8 Å². The number of benzene rings is 2. The highest BCUT2D eigenvalue weighted by Gasteiger charge is 2.36. The van der Waals surface area contributed by atoms with Crippen molar-refractivity contribution in [2.24, 2.45) is 0 Å². The number of imide groups is 1. The third kappa shape index (κ3) is 6.35. The van der Waals surface area contributed by atoms with Gasteiger partial charge in [-0.25, -0.2) is 4.39 Å². The molecule has 0 unspecified atom stereocenters. The van der Waals surface area contributed by atoms with Crippen molar-refractivity contribution in [3.8, 4) is 11.5 Å². The smallest absolute Gasteiger partial charge is 0.326 e. The lowest BCUT2D eigenvalue weighted by Gasteiger charge is -2.14. The van der Waals surface area contributed by atoms with Gasteiger partial charge in [0, 0.05) is 0 Å². The number of halogens is 2. The van der Waals surface area contributed by atoms with Crippen LogP contribution in [0.1, 0.15) is 25.0 Å². The molecule has 0 bridgehead atoms. The second-order valence-electron chi connectivity index (χ2n) is 7.26. The van der Waals surface area contributed by atoms with Crippen LogP contribution in [0.5, 0.6) is 11.5 Å². The number of hydrogen-bond acceptors (Lipinski definition) is 7. The maximum atomic E-state index is 13.4. The summed E-state index contributed by atoms with van der Waals surface area (Å²) in [7, 11) is 1.47. The van der Waals surface area contributed by atoms with Gasteiger partial charge < -0.3 is 14.2 Å². The molecule has 174 valence electrons. The molecule has 0 aliphatic carbocycles. The van der Waals surface area contributed by atoms with E-state index in [0.29, 0.717) is 27.1 Å². The summed E-state index contributed by atoms with van der Waals surface area (Å²) < 4.78 is 30.2. The van der Waals surface area contributed by atoms with Crippen LogP contribution in [0.2, 0.25) is 0 Å². The third-order valence-electron chi connectivity index (χ3n) is 4.35. The van der Waals surface area contributed by atoms with E-state index in [9.17, 15) is 18.8 Å². The van der Waals surface area contributed by atoms with Crippen molar-refractivity contribution in [3.63, 3.8) is 0 Å². The Morgan fingerprint density at radius 2 is 2.00 bits per heavy atom. The first kappa shape index (κ1) is 24.8. The molecular weight excluding hydrogens is 517 g/mol. The quantitative estimate of drug-likeness (QED) is 0.339. The standard InChI is InChI=1S/C23H21BrFNO6S/c1-13(2)32-20(27)11-26-22(28)19(33-23(26)29)10-15-8-17(24)21(18(9-15)30-3)31-12-14-5-4-6-16(25)7-14/h4-10,13H,11-12H2,1-3H3/b19-10-. The second-order valence-corrected chi connectivity index (χ2v) is 9.11. The summed E-state index contributed by atoms with van der Waals surface area (Å²) in [6.07, 6.45) is 1.18. The monoisotopic (exact) mass is 537 g/mol. The molecule has 1 aliphatic heterocycles. The number of rotatable bonds is 8. The number of hydrogen-bond donors (Lipinski definition) is 0. The van der Waals surface area contributed by atoms with Crippen LogP contribution in [0.25, 0.3) is 6.08 Å². The lowest BCUT2D eigenvalue weighted by molar-refractivity contribution is -0.149. The molecule has 1 fully saturated rings. The Bertz CT molecular complexity index is 1120. The molecule has 2 amide bonds. The molecule has 3 rings (SSSR count). The molecule has 0 atom stereocenters. The van der Waals surface area contributed by atoms with Gasteiger partial charge >= 0.3 is 5.97 Å². The van der Waals surface area contributed by atoms with Gasteiger partial charge in [0.2, 0.25) is 0 Å². The van der Waals surface area contributed by atoms with Crippen LogP contribution in [0.3, 0.4) is 0 Å². The molecule has 0 saturated carbocycles. The van der Waals surface area contributed by atoms with Gasteiger partial charge in [-0.1, -0.05) is 12.1 Å². The molecule has 0 radical (unpaired) electrons. The number of thioether (sulfide) groups is 1. The Balaban J connectivity index is 1.78. The maximum absolute atomic E-state index is 13.4. The zero-order valence-corrected chi connectivity index (χ0v) is 20.5. The summed E-state index contributed by atoms with van der Waals surface area (Å²) in [5.41, 5.74) is 1.23. The van der Waals surface area contributed by atoms with Crippen molar-refractivity contribution < 1.29 is 33.0 Å². The molecule has 1 heterocycles. The molecule has 7 nitrogen and oxygen atoms in total. The molecule has 2 aromatic rings. The molecule has 2 aromatic carbocycles. The molecule has 0 spiro atoms. The van der Waals surface area contributed by atoms with Crippen molar-refractivity contribution in [3.05, 3.63) is 62.7 Å². The van der Waals surface area contributed by atoms with Crippen molar-refractivity contribution in [2.75, 3.05) is 13.7 Å². The summed E-state index contributed by atoms with van der Waals surface area (Å²) in [6.45, 7) is 3.04. The number of methoxy groups -OCH3 is 1. The Labute approximate surface area is 203 Å². The number of carbonyl (C=O) groups is 3. The van der Waals surface area contributed by atoms with Crippen molar-refractivity contribution in [2.45, 2.75) is 26.6 Å². The molecule has 1 saturated heterocycles. The van der Waals surface area contributed by atoms with Crippen LogP contribution < -0.4 is 9.47 Å². The summed E-state index contributed by atoms with van der Waals surface area (Å²) in [4.78, 5) is 37.8. The Morgan fingerprint density at radius 1 is 1.24 bits per heavy atom. The Kier molecular flexibility index (Phi) is 8.15. The minimum absolute atomic E-state index is 0.122. The minimum Gasteiger partial charge on any atom is -0.493 e. The fraction of sp³-hybridized carbons (Fsp3) is 0.261. The first-order valence-corrected chi connectivity index (χ1v) is 11.5. The van der Waals surface area contributed by atoms with E-state index in [1.54, 1.807) is 38.1 Å². The SMILES string of the molecule is COc1cc(/C=C2\SC(=O)N(CC(=O)OC(C)C)C2=O)cc(Br)c1OCc1cccc(F)c1. The molecule has 0 aromatic heterocycles. The van der Waals surface area contributed by atoms with E-state index in [2.05, 4.69) is 15.9 Å². The Morgan fingerprint density at radius 3 is 2.67 bits per heavy atom. The number of ether oxygens (including phenoxy) is 3.